The van der Waals surface area contributed by atoms with E-state index in [-0.39, 0.29) is 35.0 Å². The van der Waals surface area contributed by atoms with Crippen molar-refractivity contribution >= 4 is 31.6 Å². The third-order valence-corrected chi connectivity index (χ3v) is 11.2. The molecule has 2 fully saturated rings. The average molecular weight is 578 g/mol. The van der Waals surface area contributed by atoms with E-state index in [1.807, 2.05) is 39.0 Å². The Kier molecular flexibility index (Phi) is 9.49. The van der Waals surface area contributed by atoms with Crippen LogP contribution >= 0.6 is 0 Å². The molecule has 2 aromatic rings. The zero-order valence-electron chi connectivity index (χ0n) is 22.9. The SMILES string of the molecule is CCC1CCCCN1S(=O)(=O)c1ccc(S(=O)(=O)N(CC(=O)Nc2cc(C)cc(C)c2)CC2CCCO2)cc1. The van der Waals surface area contributed by atoms with E-state index in [2.05, 4.69) is 5.32 Å². The van der Waals surface area contributed by atoms with Crippen LogP contribution < -0.4 is 5.32 Å². The molecule has 4 rings (SSSR count). The first-order chi connectivity index (χ1) is 18.5. The number of nitrogens with zero attached hydrogens (tertiary/aromatic N) is 2. The summed E-state index contributed by atoms with van der Waals surface area (Å²) in [5.41, 5.74) is 2.57. The second kappa shape index (κ2) is 12.5. The quantitative estimate of drug-likeness (QED) is 0.456. The zero-order chi connectivity index (χ0) is 28.2. The van der Waals surface area contributed by atoms with E-state index in [1.54, 1.807) is 4.31 Å². The summed E-state index contributed by atoms with van der Waals surface area (Å²) in [6, 6.07) is 10.9. The Hall–Kier alpha value is -2.31. The standard InChI is InChI=1S/C28H39N3O6S2/c1-4-24-8-5-6-14-31(24)39(35,36)27-12-10-26(11-13-27)38(33,34)30(19-25-9-7-15-37-25)20-28(32)29-23-17-21(2)16-22(3)18-23/h10-13,16-18,24-25H,4-9,14-15,19-20H2,1-3H3,(H,29,32). The van der Waals surface area contributed by atoms with E-state index in [0.29, 0.717) is 25.3 Å². The van der Waals surface area contributed by atoms with Crippen LogP contribution in [0.5, 0.6) is 0 Å². The van der Waals surface area contributed by atoms with E-state index < -0.39 is 26.0 Å². The lowest BCUT2D eigenvalue weighted by Crippen LogP contribution is -2.43. The molecule has 0 spiro atoms. The van der Waals surface area contributed by atoms with Crippen molar-refractivity contribution in [3.05, 3.63) is 53.6 Å². The fourth-order valence-electron chi connectivity index (χ4n) is 5.44. The summed E-state index contributed by atoms with van der Waals surface area (Å²) < 4.78 is 62.5. The van der Waals surface area contributed by atoms with Crippen LogP contribution in [0.2, 0.25) is 0 Å². The highest BCUT2D eigenvalue weighted by Crippen LogP contribution is 2.28. The van der Waals surface area contributed by atoms with Crippen LogP contribution in [0.4, 0.5) is 5.69 Å². The Balaban J connectivity index is 1.56. The summed E-state index contributed by atoms with van der Waals surface area (Å²) in [5.74, 6) is -0.462. The van der Waals surface area contributed by atoms with Crippen molar-refractivity contribution in [1.82, 2.24) is 8.61 Å². The molecule has 39 heavy (non-hydrogen) atoms. The minimum absolute atomic E-state index is 0.0363. The largest absolute Gasteiger partial charge is 0.377 e. The highest BCUT2D eigenvalue weighted by atomic mass is 32.2. The van der Waals surface area contributed by atoms with E-state index >= 15 is 0 Å². The van der Waals surface area contributed by atoms with Gasteiger partial charge in [0.1, 0.15) is 0 Å². The molecule has 1 amide bonds. The number of carbonyl (C=O) groups is 1. The van der Waals surface area contributed by atoms with Crippen LogP contribution in [-0.2, 0) is 29.6 Å². The lowest BCUT2D eigenvalue weighted by molar-refractivity contribution is -0.116. The maximum Gasteiger partial charge on any atom is 0.243 e. The van der Waals surface area contributed by atoms with Crippen LogP contribution in [0.1, 0.15) is 56.6 Å². The maximum absolute atomic E-state index is 13.7. The second-order valence-electron chi connectivity index (χ2n) is 10.5. The molecule has 2 unspecified atom stereocenters. The summed E-state index contributed by atoms with van der Waals surface area (Å²) in [6.45, 7) is 6.49. The van der Waals surface area contributed by atoms with Gasteiger partial charge in [-0.3, -0.25) is 4.79 Å². The molecule has 0 radical (unpaired) electrons. The van der Waals surface area contributed by atoms with Crippen molar-refractivity contribution in [2.75, 3.05) is 31.6 Å². The van der Waals surface area contributed by atoms with Crippen molar-refractivity contribution < 1.29 is 26.4 Å². The van der Waals surface area contributed by atoms with Crippen molar-refractivity contribution in [3.8, 4) is 0 Å². The minimum Gasteiger partial charge on any atom is -0.377 e. The Morgan fingerprint density at radius 3 is 2.26 bits per heavy atom. The Labute approximate surface area is 232 Å². The second-order valence-corrected chi connectivity index (χ2v) is 14.3. The van der Waals surface area contributed by atoms with Crippen LogP contribution in [0.3, 0.4) is 0 Å². The molecule has 0 aliphatic carbocycles. The Morgan fingerprint density at radius 1 is 0.974 bits per heavy atom. The van der Waals surface area contributed by atoms with Crippen LogP contribution in [0.15, 0.2) is 52.3 Å². The van der Waals surface area contributed by atoms with Gasteiger partial charge in [0.15, 0.2) is 0 Å². The molecule has 9 nitrogen and oxygen atoms in total. The summed E-state index contributed by atoms with van der Waals surface area (Å²) in [4.78, 5) is 13.0. The van der Waals surface area contributed by atoms with Crippen molar-refractivity contribution in [2.45, 2.75) is 81.2 Å². The Morgan fingerprint density at radius 2 is 1.64 bits per heavy atom. The number of anilines is 1. The third kappa shape index (κ3) is 7.07. The number of rotatable bonds is 10. The number of aryl methyl sites for hydroxylation is 2. The van der Waals surface area contributed by atoms with Gasteiger partial charge < -0.3 is 10.1 Å². The van der Waals surface area contributed by atoms with E-state index in [9.17, 15) is 21.6 Å². The fourth-order valence-corrected chi connectivity index (χ4v) is 8.63. The molecule has 2 aliphatic rings. The van der Waals surface area contributed by atoms with E-state index in [0.717, 1.165) is 47.5 Å². The van der Waals surface area contributed by atoms with Gasteiger partial charge in [-0.2, -0.15) is 8.61 Å². The number of benzene rings is 2. The van der Waals surface area contributed by atoms with E-state index in [4.69, 9.17) is 4.74 Å². The molecule has 0 bridgehead atoms. The smallest absolute Gasteiger partial charge is 0.243 e. The van der Waals surface area contributed by atoms with Crippen molar-refractivity contribution in [1.29, 1.82) is 0 Å². The van der Waals surface area contributed by atoms with Crippen LogP contribution in [-0.4, -0.2) is 69.7 Å². The number of amides is 1. The van der Waals surface area contributed by atoms with Crippen molar-refractivity contribution in [2.24, 2.45) is 0 Å². The predicted octanol–water partition coefficient (Wildman–Crippen LogP) is 4.07. The molecule has 1 N–H and O–H groups in total. The molecule has 0 saturated carbocycles. The lowest BCUT2D eigenvalue weighted by atomic mass is 10.0. The predicted molar refractivity (Wildman–Crippen MR) is 151 cm³/mol. The number of ether oxygens (including phenoxy) is 1. The highest BCUT2D eigenvalue weighted by molar-refractivity contribution is 7.89. The van der Waals surface area contributed by atoms with Crippen LogP contribution in [0, 0.1) is 13.8 Å². The molecule has 214 valence electrons. The van der Waals surface area contributed by atoms with Gasteiger partial charge in [-0.25, -0.2) is 16.8 Å². The van der Waals surface area contributed by atoms with Crippen LogP contribution in [0.25, 0.3) is 0 Å². The van der Waals surface area contributed by atoms with Gasteiger partial charge in [-0.1, -0.05) is 19.4 Å². The van der Waals surface area contributed by atoms with Gasteiger partial charge in [0.2, 0.25) is 26.0 Å². The van der Waals surface area contributed by atoms with Crippen molar-refractivity contribution in [3.63, 3.8) is 0 Å². The molecule has 2 heterocycles. The third-order valence-electron chi connectivity index (χ3n) is 7.37. The molecule has 0 aromatic heterocycles. The van der Waals surface area contributed by atoms with Gasteiger partial charge in [-0.15, -0.1) is 0 Å². The monoisotopic (exact) mass is 577 g/mol. The molecule has 2 aliphatic heterocycles. The van der Waals surface area contributed by atoms with Gasteiger partial charge in [0, 0.05) is 31.4 Å². The number of piperidine rings is 1. The van der Waals surface area contributed by atoms with Gasteiger partial charge in [0.05, 0.1) is 22.4 Å². The first-order valence-electron chi connectivity index (χ1n) is 13.6. The maximum atomic E-state index is 13.7. The van der Waals surface area contributed by atoms with Gasteiger partial charge >= 0.3 is 0 Å². The topological polar surface area (TPSA) is 113 Å². The summed E-state index contributed by atoms with van der Waals surface area (Å²) in [6.07, 6.45) is 4.59. The molecule has 11 heteroatoms. The molecular formula is C28H39N3O6S2. The minimum atomic E-state index is -4.11. The average Bonchev–Trinajstić information content (AvgIpc) is 3.41. The summed E-state index contributed by atoms with van der Waals surface area (Å²) >= 11 is 0. The molecule has 2 atom stereocenters. The number of nitrogens with one attached hydrogen (secondary N) is 1. The molecule has 2 saturated heterocycles. The number of hydrogen-bond acceptors (Lipinski definition) is 6. The normalized spacial score (nSPS) is 20.8. The first-order valence-corrected chi connectivity index (χ1v) is 16.5. The zero-order valence-corrected chi connectivity index (χ0v) is 24.6. The summed E-state index contributed by atoms with van der Waals surface area (Å²) in [5, 5.41) is 2.81. The first kappa shape index (κ1) is 29.7. The lowest BCUT2D eigenvalue weighted by Gasteiger charge is -2.34. The fraction of sp³-hybridized carbons (Fsp3) is 0.536. The highest BCUT2D eigenvalue weighted by Gasteiger charge is 2.34. The number of hydrogen-bond donors (Lipinski definition) is 1. The Bertz CT molecular complexity index is 1350. The van der Waals surface area contributed by atoms with E-state index in [1.165, 1.54) is 24.3 Å². The van der Waals surface area contributed by atoms with Gasteiger partial charge in [0.25, 0.3) is 0 Å². The number of carbonyl (C=O) groups excluding carboxylic acids is 1. The van der Waals surface area contributed by atoms with Gasteiger partial charge in [-0.05, 0) is 93.5 Å². The molecule has 2 aromatic carbocycles. The molecular weight excluding hydrogens is 538 g/mol. The summed E-state index contributed by atoms with van der Waals surface area (Å²) in [7, 11) is -7.86. The number of sulfonamides is 2.